The Morgan fingerprint density at radius 2 is 2.08 bits per heavy atom. The normalized spacial score (nSPS) is 29.5. The lowest BCUT2D eigenvalue weighted by Crippen LogP contribution is -2.24. The standard InChI is InChI=1S/C10H20O2S/c1-10(2,3)12-5-4-8-6-13-7-9(8)11/h8-9,11H,4-7H2,1-3H3. The van der Waals surface area contributed by atoms with Crippen LogP contribution < -0.4 is 0 Å². The summed E-state index contributed by atoms with van der Waals surface area (Å²) in [6, 6.07) is 0. The zero-order valence-corrected chi connectivity index (χ0v) is 9.56. The van der Waals surface area contributed by atoms with Crippen molar-refractivity contribution in [3.05, 3.63) is 0 Å². The van der Waals surface area contributed by atoms with Crippen molar-refractivity contribution in [1.82, 2.24) is 0 Å². The number of thioether (sulfide) groups is 1. The first-order valence-corrected chi connectivity index (χ1v) is 6.04. The third kappa shape index (κ3) is 4.34. The Hall–Kier alpha value is 0.270. The van der Waals surface area contributed by atoms with E-state index in [1.54, 1.807) is 0 Å². The lowest BCUT2D eigenvalue weighted by Gasteiger charge is -2.21. The van der Waals surface area contributed by atoms with Crippen LogP contribution in [0.15, 0.2) is 0 Å². The van der Waals surface area contributed by atoms with Gasteiger partial charge in [0.25, 0.3) is 0 Å². The Morgan fingerprint density at radius 3 is 2.54 bits per heavy atom. The molecule has 0 aromatic heterocycles. The van der Waals surface area contributed by atoms with Crippen LogP contribution in [0.4, 0.5) is 0 Å². The number of aliphatic hydroxyl groups is 1. The Balaban J connectivity index is 2.12. The molecule has 13 heavy (non-hydrogen) atoms. The van der Waals surface area contributed by atoms with Crippen molar-refractivity contribution in [3.63, 3.8) is 0 Å². The van der Waals surface area contributed by atoms with Crippen LogP contribution in [0, 0.1) is 5.92 Å². The molecule has 2 atom stereocenters. The first-order chi connectivity index (χ1) is 5.99. The summed E-state index contributed by atoms with van der Waals surface area (Å²) in [7, 11) is 0. The minimum absolute atomic E-state index is 0.0449. The molecule has 0 aliphatic carbocycles. The average Bonchev–Trinajstić information content (AvgIpc) is 2.34. The maximum atomic E-state index is 9.54. The van der Waals surface area contributed by atoms with Crippen LogP contribution in [0.25, 0.3) is 0 Å². The molecular formula is C10H20O2S. The van der Waals surface area contributed by atoms with Gasteiger partial charge in [0.1, 0.15) is 0 Å². The number of rotatable bonds is 3. The van der Waals surface area contributed by atoms with E-state index in [4.69, 9.17) is 4.74 Å². The van der Waals surface area contributed by atoms with Crippen LogP contribution in [-0.2, 0) is 4.74 Å². The van der Waals surface area contributed by atoms with Gasteiger partial charge in [-0.1, -0.05) is 0 Å². The highest BCUT2D eigenvalue weighted by Crippen LogP contribution is 2.27. The van der Waals surface area contributed by atoms with E-state index < -0.39 is 0 Å². The first-order valence-electron chi connectivity index (χ1n) is 4.89. The van der Waals surface area contributed by atoms with E-state index in [1.165, 1.54) is 0 Å². The van der Waals surface area contributed by atoms with Crippen molar-refractivity contribution in [2.24, 2.45) is 5.92 Å². The van der Waals surface area contributed by atoms with Gasteiger partial charge >= 0.3 is 0 Å². The van der Waals surface area contributed by atoms with Gasteiger partial charge in [-0.15, -0.1) is 0 Å². The second-order valence-corrected chi connectivity index (χ2v) is 5.69. The minimum Gasteiger partial charge on any atom is -0.392 e. The third-order valence-corrected chi connectivity index (χ3v) is 3.43. The summed E-state index contributed by atoms with van der Waals surface area (Å²) >= 11 is 1.84. The highest BCUT2D eigenvalue weighted by Gasteiger charge is 2.25. The van der Waals surface area contributed by atoms with Crippen molar-refractivity contribution >= 4 is 11.8 Å². The van der Waals surface area contributed by atoms with Crippen LogP contribution in [0.5, 0.6) is 0 Å². The largest absolute Gasteiger partial charge is 0.392 e. The molecule has 1 N–H and O–H groups in total. The van der Waals surface area contributed by atoms with Gasteiger partial charge in [-0.3, -0.25) is 0 Å². The Morgan fingerprint density at radius 1 is 1.38 bits per heavy atom. The molecule has 1 saturated heterocycles. The fourth-order valence-corrected chi connectivity index (χ4v) is 2.72. The minimum atomic E-state index is -0.103. The lowest BCUT2D eigenvalue weighted by atomic mass is 10.0. The smallest absolute Gasteiger partial charge is 0.0667 e. The van der Waals surface area contributed by atoms with E-state index in [0.29, 0.717) is 5.92 Å². The molecule has 0 aromatic carbocycles. The molecule has 2 nitrogen and oxygen atoms in total. The SMILES string of the molecule is CC(C)(C)OCCC1CSCC1O. The lowest BCUT2D eigenvalue weighted by molar-refractivity contribution is -0.0143. The zero-order chi connectivity index (χ0) is 9.90. The number of hydrogen-bond donors (Lipinski definition) is 1. The molecule has 0 radical (unpaired) electrons. The van der Waals surface area contributed by atoms with Gasteiger partial charge in [-0.05, 0) is 38.9 Å². The van der Waals surface area contributed by atoms with Gasteiger partial charge in [0.05, 0.1) is 11.7 Å². The summed E-state index contributed by atoms with van der Waals surface area (Å²) in [6.45, 7) is 6.96. The van der Waals surface area contributed by atoms with Crippen LogP contribution in [-0.4, -0.2) is 34.9 Å². The highest BCUT2D eigenvalue weighted by atomic mass is 32.2. The van der Waals surface area contributed by atoms with Gasteiger partial charge < -0.3 is 9.84 Å². The predicted molar refractivity (Wildman–Crippen MR) is 57.1 cm³/mol. The number of hydrogen-bond acceptors (Lipinski definition) is 3. The van der Waals surface area contributed by atoms with E-state index in [2.05, 4.69) is 20.8 Å². The summed E-state index contributed by atoms with van der Waals surface area (Å²) in [4.78, 5) is 0. The Bertz CT molecular complexity index is 153. The van der Waals surface area contributed by atoms with E-state index in [1.807, 2.05) is 11.8 Å². The summed E-state index contributed by atoms with van der Waals surface area (Å²) in [5.41, 5.74) is -0.0449. The molecule has 0 saturated carbocycles. The maximum absolute atomic E-state index is 9.54. The molecule has 1 rings (SSSR count). The average molecular weight is 204 g/mol. The molecule has 1 aliphatic rings. The second kappa shape index (κ2) is 4.67. The summed E-state index contributed by atoms with van der Waals surface area (Å²) < 4.78 is 5.62. The number of ether oxygens (including phenoxy) is 1. The fourth-order valence-electron chi connectivity index (χ4n) is 1.38. The molecule has 78 valence electrons. The summed E-state index contributed by atoms with van der Waals surface area (Å²) in [5.74, 6) is 2.45. The van der Waals surface area contributed by atoms with Gasteiger partial charge in [0.2, 0.25) is 0 Å². The molecule has 1 heterocycles. The molecule has 0 bridgehead atoms. The van der Waals surface area contributed by atoms with E-state index >= 15 is 0 Å². The Labute approximate surface area is 85.0 Å². The number of aliphatic hydroxyl groups excluding tert-OH is 1. The van der Waals surface area contributed by atoms with Gasteiger partial charge in [0.15, 0.2) is 0 Å². The summed E-state index contributed by atoms with van der Waals surface area (Å²) in [5, 5.41) is 9.54. The molecular weight excluding hydrogens is 184 g/mol. The molecule has 1 aliphatic heterocycles. The van der Waals surface area contributed by atoms with Crippen LogP contribution in [0.2, 0.25) is 0 Å². The van der Waals surface area contributed by atoms with Gasteiger partial charge in [-0.25, -0.2) is 0 Å². The van der Waals surface area contributed by atoms with Crippen molar-refractivity contribution in [1.29, 1.82) is 0 Å². The summed E-state index contributed by atoms with van der Waals surface area (Å²) in [6.07, 6.45) is 0.888. The topological polar surface area (TPSA) is 29.5 Å². The van der Waals surface area contributed by atoms with Gasteiger partial charge in [0, 0.05) is 12.4 Å². The van der Waals surface area contributed by atoms with Crippen molar-refractivity contribution in [2.45, 2.75) is 38.9 Å². The molecule has 1 fully saturated rings. The molecule has 0 amide bonds. The predicted octanol–water partition coefficient (Wildman–Crippen LogP) is 1.92. The first kappa shape index (κ1) is 11.3. The highest BCUT2D eigenvalue weighted by molar-refractivity contribution is 7.99. The van der Waals surface area contributed by atoms with Crippen molar-refractivity contribution in [2.75, 3.05) is 18.1 Å². The quantitative estimate of drug-likeness (QED) is 0.761. The van der Waals surface area contributed by atoms with E-state index in [9.17, 15) is 5.11 Å². The maximum Gasteiger partial charge on any atom is 0.0667 e. The molecule has 0 spiro atoms. The third-order valence-electron chi connectivity index (χ3n) is 2.19. The van der Waals surface area contributed by atoms with Crippen LogP contribution >= 0.6 is 11.8 Å². The van der Waals surface area contributed by atoms with Gasteiger partial charge in [-0.2, -0.15) is 11.8 Å². The van der Waals surface area contributed by atoms with Crippen LogP contribution in [0.3, 0.4) is 0 Å². The van der Waals surface area contributed by atoms with Crippen molar-refractivity contribution < 1.29 is 9.84 Å². The second-order valence-electron chi connectivity index (χ2n) is 4.61. The fraction of sp³-hybridized carbons (Fsp3) is 1.00. The zero-order valence-electron chi connectivity index (χ0n) is 8.75. The molecule has 3 heteroatoms. The molecule has 2 unspecified atom stereocenters. The van der Waals surface area contributed by atoms with E-state index in [-0.39, 0.29) is 11.7 Å². The monoisotopic (exact) mass is 204 g/mol. The van der Waals surface area contributed by atoms with Crippen LogP contribution in [0.1, 0.15) is 27.2 Å². The van der Waals surface area contributed by atoms with E-state index in [0.717, 1.165) is 24.5 Å². The molecule has 0 aromatic rings. The van der Waals surface area contributed by atoms with Crippen molar-refractivity contribution in [3.8, 4) is 0 Å². The Kier molecular flexibility index (Phi) is 4.07.